The largest absolute Gasteiger partial charge is 0.326 e. The lowest BCUT2D eigenvalue weighted by Gasteiger charge is -2.40. The number of nitrogens with two attached hydrogens (primary N) is 1. The van der Waals surface area contributed by atoms with Gasteiger partial charge in [0.1, 0.15) is 0 Å². The van der Waals surface area contributed by atoms with E-state index in [1.165, 1.54) is 37.1 Å². The fraction of sp³-hybridized carbons (Fsp3) is 0.625. The Bertz CT molecular complexity index is 375. The van der Waals surface area contributed by atoms with E-state index in [4.69, 9.17) is 5.73 Å². The highest BCUT2D eigenvalue weighted by atomic mass is 15.2. The average molecular weight is 246 g/mol. The minimum atomic E-state index is 0.0986. The third-order valence-corrected chi connectivity index (χ3v) is 4.40. The molecule has 1 fully saturated rings. The van der Waals surface area contributed by atoms with E-state index >= 15 is 0 Å². The molecule has 2 rings (SSSR count). The summed E-state index contributed by atoms with van der Waals surface area (Å²) in [5, 5.41) is 0. The first-order chi connectivity index (χ1) is 8.50. The third-order valence-electron chi connectivity index (χ3n) is 4.40. The zero-order valence-electron chi connectivity index (χ0n) is 11.9. The van der Waals surface area contributed by atoms with Crippen LogP contribution in [-0.4, -0.2) is 29.6 Å². The van der Waals surface area contributed by atoms with E-state index in [0.717, 1.165) is 6.42 Å². The number of likely N-dealkylation sites (tertiary alicyclic amines) is 1. The lowest BCUT2D eigenvalue weighted by molar-refractivity contribution is 0.123. The molecule has 18 heavy (non-hydrogen) atoms. The molecule has 0 aromatic heterocycles. The summed E-state index contributed by atoms with van der Waals surface area (Å²) in [6, 6.07) is 8.94. The molecular weight excluding hydrogens is 220 g/mol. The Kier molecular flexibility index (Phi) is 4.08. The molecular formula is C16H26N2. The van der Waals surface area contributed by atoms with Crippen molar-refractivity contribution in [3.63, 3.8) is 0 Å². The van der Waals surface area contributed by atoms with Gasteiger partial charge in [-0.05, 0) is 58.7 Å². The van der Waals surface area contributed by atoms with Crippen molar-refractivity contribution in [2.24, 2.45) is 5.73 Å². The van der Waals surface area contributed by atoms with Crippen molar-refractivity contribution in [1.29, 1.82) is 0 Å². The van der Waals surface area contributed by atoms with Gasteiger partial charge in [0.2, 0.25) is 0 Å². The van der Waals surface area contributed by atoms with E-state index in [1.807, 2.05) is 0 Å². The number of benzene rings is 1. The minimum absolute atomic E-state index is 0.0986. The molecule has 1 aliphatic heterocycles. The van der Waals surface area contributed by atoms with Crippen LogP contribution in [0.15, 0.2) is 24.3 Å². The summed E-state index contributed by atoms with van der Waals surface area (Å²) < 4.78 is 0. The number of hydrogen-bond donors (Lipinski definition) is 1. The van der Waals surface area contributed by atoms with E-state index in [1.54, 1.807) is 0 Å². The third kappa shape index (κ3) is 2.93. The van der Waals surface area contributed by atoms with E-state index in [0.29, 0.717) is 0 Å². The van der Waals surface area contributed by atoms with Gasteiger partial charge >= 0.3 is 0 Å². The number of aryl methyl sites for hydroxylation is 1. The highest BCUT2D eigenvalue weighted by molar-refractivity contribution is 5.22. The van der Waals surface area contributed by atoms with Gasteiger partial charge in [-0.2, -0.15) is 0 Å². The molecule has 1 unspecified atom stereocenters. The van der Waals surface area contributed by atoms with Crippen LogP contribution in [0.3, 0.4) is 0 Å². The van der Waals surface area contributed by atoms with Gasteiger partial charge in [-0.1, -0.05) is 29.8 Å². The van der Waals surface area contributed by atoms with E-state index in [2.05, 4.69) is 49.9 Å². The molecule has 0 amide bonds. The molecule has 1 heterocycles. The van der Waals surface area contributed by atoms with E-state index < -0.39 is 0 Å². The number of hydrogen-bond acceptors (Lipinski definition) is 2. The lowest BCUT2D eigenvalue weighted by Crippen LogP contribution is -2.55. The highest BCUT2D eigenvalue weighted by Gasteiger charge is 2.34. The van der Waals surface area contributed by atoms with Crippen molar-refractivity contribution in [3.8, 4) is 0 Å². The molecule has 2 nitrogen and oxygen atoms in total. The molecule has 1 aliphatic rings. The van der Waals surface area contributed by atoms with Crippen molar-refractivity contribution in [2.75, 3.05) is 13.1 Å². The van der Waals surface area contributed by atoms with Crippen molar-refractivity contribution in [1.82, 2.24) is 4.90 Å². The first-order valence-electron chi connectivity index (χ1n) is 7.06. The van der Waals surface area contributed by atoms with Gasteiger partial charge < -0.3 is 5.73 Å². The second-order valence-corrected chi connectivity index (χ2v) is 6.14. The monoisotopic (exact) mass is 246 g/mol. The topological polar surface area (TPSA) is 29.3 Å². The molecule has 1 aromatic carbocycles. The normalized spacial score (nSPS) is 19.1. The maximum atomic E-state index is 6.46. The highest BCUT2D eigenvalue weighted by Crippen LogP contribution is 2.25. The molecule has 0 saturated carbocycles. The first kappa shape index (κ1) is 13.6. The van der Waals surface area contributed by atoms with Crippen molar-refractivity contribution in [2.45, 2.75) is 51.6 Å². The summed E-state index contributed by atoms with van der Waals surface area (Å²) in [6.07, 6.45) is 3.60. The zero-order chi connectivity index (χ0) is 13.2. The van der Waals surface area contributed by atoms with Gasteiger partial charge in [0.05, 0.1) is 0 Å². The van der Waals surface area contributed by atoms with Gasteiger partial charge in [0, 0.05) is 11.6 Å². The fourth-order valence-electron chi connectivity index (χ4n) is 2.76. The quantitative estimate of drug-likeness (QED) is 0.885. The minimum Gasteiger partial charge on any atom is -0.326 e. The van der Waals surface area contributed by atoms with Crippen LogP contribution in [-0.2, 0) is 6.42 Å². The number of rotatable bonds is 4. The predicted molar refractivity (Wildman–Crippen MR) is 77.7 cm³/mol. The Labute approximate surface area is 111 Å². The van der Waals surface area contributed by atoms with Gasteiger partial charge in [-0.25, -0.2) is 0 Å². The van der Waals surface area contributed by atoms with Gasteiger partial charge in [0.15, 0.2) is 0 Å². The maximum Gasteiger partial charge on any atom is 0.0307 e. The van der Waals surface area contributed by atoms with Crippen molar-refractivity contribution < 1.29 is 0 Å². The van der Waals surface area contributed by atoms with Crippen LogP contribution in [0, 0.1) is 6.92 Å². The van der Waals surface area contributed by atoms with E-state index in [-0.39, 0.29) is 11.6 Å². The first-order valence-corrected chi connectivity index (χ1v) is 7.06. The van der Waals surface area contributed by atoms with Gasteiger partial charge in [0.25, 0.3) is 0 Å². The Morgan fingerprint density at radius 3 is 2.28 bits per heavy atom. The Morgan fingerprint density at radius 1 is 1.17 bits per heavy atom. The van der Waals surface area contributed by atoms with Crippen LogP contribution >= 0.6 is 0 Å². The molecule has 0 spiro atoms. The number of nitrogens with zero attached hydrogens (tertiary/aromatic N) is 1. The lowest BCUT2D eigenvalue weighted by atomic mass is 9.88. The molecule has 1 saturated heterocycles. The van der Waals surface area contributed by atoms with E-state index in [9.17, 15) is 0 Å². The van der Waals surface area contributed by atoms with Crippen LogP contribution in [0.4, 0.5) is 0 Å². The predicted octanol–water partition coefficient (Wildman–Crippen LogP) is 2.74. The summed E-state index contributed by atoms with van der Waals surface area (Å²) in [4.78, 5) is 2.55. The van der Waals surface area contributed by atoms with Crippen molar-refractivity contribution in [3.05, 3.63) is 35.4 Å². The molecule has 2 heteroatoms. The summed E-state index contributed by atoms with van der Waals surface area (Å²) in [7, 11) is 0. The molecule has 2 N–H and O–H groups in total. The summed E-state index contributed by atoms with van der Waals surface area (Å²) in [5.74, 6) is 0. The molecule has 1 aromatic rings. The summed E-state index contributed by atoms with van der Waals surface area (Å²) >= 11 is 0. The van der Waals surface area contributed by atoms with Crippen LogP contribution in [0.2, 0.25) is 0 Å². The van der Waals surface area contributed by atoms with Crippen LogP contribution in [0.5, 0.6) is 0 Å². The average Bonchev–Trinajstić information content (AvgIpc) is 2.86. The van der Waals surface area contributed by atoms with Crippen LogP contribution in [0.25, 0.3) is 0 Å². The summed E-state index contributed by atoms with van der Waals surface area (Å²) in [6.45, 7) is 9.11. The van der Waals surface area contributed by atoms with Crippen LogP contribution in [0.1, 0.15) is 37.8 Å². The second-order valence-electron chi connectivity index (χ2n) is 6.14. The Hall–Kier alpha value is -0.860. The second kappa shape index (κ2) is 5.41. The molecule has 100 valence electrons. The smallest absolute Gasteiger partial charge is 0.0307 e. The van der Waals surface area contributed by atoms with Gasteiger partial charge in [-0.3, -0.25) is 4.90 Å². The van der Waals surface area contributed by atoms with Crippen molar-refractivity contribution >= 4 is 0 Å². The summed E-state index contributed by atoms with van der Waals surface area (Å²) in [5.41, 5.74) is 9.22. The Morgan fingerprint density at radius 2 is 1.72 bits per heavy atom. The standard InChI is InChI=1S/C16H26N2/c1-13-6-8-14(9-7-13)12-15(17)16(2,3)18-10-4-5-11-18/h6-9,15H,4-5,10-12,17H2,1-3H3. The van der Waals surface area contributed by atoms with Crippen LogP contribution < -0.4 is 5.73 Å². The molecule has 0 bridgehead atoms. The SMILES string of the molecule is Cc1ccc(CC(N)C(C)(C)N2CCCC2)cc1. The molecule has 0 radical (unpaired) electrons. The zero-order valence-corrected chi connectivity index (χ0v) is 11.9. The Balaban J connectivity index is 2.01. The molecule has 0 aliphatic carbocycles. The van der Waals surface area contributed by atoms with Gasteiger partial charge in [-0.15, -0.1) is 0 Å². The maximum absolute atomic E-state index is 6.46. The molecule has 1 atom stereocenters. The fourth-order valence-corrected chi connectivity index (χ4v) is 2.76.